The van der Waals surface area contributed by atoms with Gasteiger partial charge in [0, 0.05) is 19.3 Å². The summed E-state index contributed by atoms with van der Waals surface area (Å²) >= 11 is 6.21. The predicted molar refractivity (Wildman–Crippen MR) is 122 cm³/mol. The van der Waals surface area contributed by atoms with Gasteiger partial charge in [0.05, 0.1) is 9.92 Å². The van der Waals surface area contributed by atoms with Gasteiger partial charge in [-0.15, -0.1) is 0 Å². The zero-order chi connectivity index (χ0) is 22.4. The van der Waals surface area contributed by atoms with Gasteiger partial charge in [-0.1, -0.05) is 59.6 Å². The lowest BCUT2D eigenvalue weighted by Crippen LogP contribution is -2.31. The molecule has 3 rings (SSSR count). The maximum Gasteiger partial charge on any atom is 0.261 e. The standard InChI is InChI=1S/C23H23ClN2O4S/c1-17-8-10-19(11-9-17)25-31(28,29)20-12-13-22(21(24)14-20)30-16-23(27)26(2)15-18-6-4-3-5-7-18/h3-14,25H,15-16H2,1-2H3. The van der Waals surface area contributed by atoms with Crippen LogP contribution < -0.4 is 9.46 Å². The number of benzene rings is 3. The fourth-order valence-electron chi connectivity index (χ4n) is 2.80. The summed E-state index contributed by atoms with van der Waals surface area (Å²) in [5, 5.41) is 0.102. The van der Waals surface area contributed by atoms with Crippen LogP contribution in [-0.2, 0) is 21.4 Å². The topological polar surface area (TPSA) is 75.7 Å². The van der Waals surface area contributed by atoms with E-state index in [4.69, 9.17) is 16.3 Å². The number of aryl methyl sites for hydroxylation is 1. The number of anilines is 1. The average molecular weight is 459 g/mol. The molecule has 0 aliphatic carbocycles. The summed E-state index contributed by atoms with van der Waals surface area (Å²) in [6, 6.07) is 20.7. The molecular weight excluding hydrogens is 436 g/mol. The third-order valence-corrected chi connectivity index (χ3v) is 6.23. The van der Waals surface area contributed by atoms with E-state index >= 15 is 0 Å². The average Bonchev–Trinajstić information content (AvgIpc) is 2.74. The maximum atomic E-state index is 12.6. The number of carbonyl (C=O) groups excluding carboxylic acids is 1. The number of nitrogens with one attached hydrogen (secondary N) is 1. The minimum absolute atomic E-state index is 0.00190. The van der Waals surface area contributed by atoms with Gasteiger partial charge < -0.3 is 9.64 Å². The first-order valence-corrected chi connectivity index (χ1v) is 11.4. The molecule has 162 valence electrons. The molecule has 0 aliphatic heterocycles. The van der Waals surface area contributed by atoms with Crippen molar-refractivity contribution in [2.75, 3.05) is 18.4 Å². The van der Waals surface area contributed by atoms with Crippen molar-refractivity contribution in [2.45, 2.75) is 18.4 Å². The van der Waals surface area contributed by atoms with Crippen molar-refractivity contribution in [3.63, 3.8) is 0 Å². The largest absolute Gasteiger partial charge is 0.482 e. The van der Waals surface area contributed by atoms with Crippen LogP contribution in [0.2, 0.25) is 5.02 Å². The first-order chi connectivity index (χ1) is 14.7. The van der Waals surface area contributed by atoms with Crippen LogP contribution in [0, 0.1) is 6.92 Å². The van der Waals surface area contributed by atoms with Crippen molar-refractivity contribution in [1.29, 1.82) is 0 Å². The summed E-state index contributed by atoms with van der Waals surface area (Å²) < 4.78 is 33.2. The van der Waals surface area contributed by atoms with Gasteiger partial charge in [-0.3, -0.25) is 9.52 Å². The molecule has 0 bridgehead atoms. The minimum Gasteiger partial charge on any atom is -0.482 e. The van der Waals surface area contributed by atoms with Crippen LogP contribution in [0.1, 0.15) is 11.1 Å². The highest BCUT2D eigenvalue weighted by molar-refractivity contribution is 7.92. The first kappa shape index (κ1) is 22.7. The van der Waals surface area contributed by atoms with Gasteiger partial charge in [0.25, 0.3) is 15.9 Å². The molecule has 6 nitrogen and oxygen atoms in total. The quantitative estimate of drug-likeness (QED) is 0.539. The van der Waals surface area contributed by atoms with Crippen LogP contribution >= 0.6 is 11.6 Å². The summed E-state index contributed by atoms with van der Waals surface area (Å²) in [5.74, 6) is 0.00932. The predicted octanol–water partition coefficient (Wildman–Crippen LogP) is 4.49. The van der Waals surface area contributed by atoms with Crippen LogP contribution in [-0.4, -0.2) is 32.9 Å². The summed E-state index contributed by atoms with van der Waals surface area (Å²) in [6.45, 7) is 2.16. The number of carbonyl (C=O) groups is 1. The Labute approximate surface area is 187 Å². The van der Waals surface area contributed by atoms with E-state index in [9.17, 15) is 13.2 Å². The molecule has 8 heteroatoms. The highest BCUT2D eigenvalue weighted by atomic mass is 35.5. The van der Waals surface area contributed by atoms with Gasteiger partial charge in [-0.2, -0.15) is 0 Å². The van der Waals surface area contributed by atoms with E-state index in [-0.39, 0.29) is 28.2 Å². The third kappa shape index (κ3) is 6.23. The summed E-state index contributed by atoms with van der Waals surface area (Å²) in [7, 11) is -2.12. The number of nitrogens with zero attached hydrogens (tertiary/aromatic N) is 1. The van der Waals surface area contributed by atoms with Crippen molar-refractivity contribution >= 4 is 33.2 Å². The molecule has 0 saturated carbocycles. The second-order valence-electron chi connectivity index (χ2n) is 7.09. The Morgan fingerprint density at radius 3 is 2.35 bits per heavy atom. The molecule has 0 heterocycles. The SMILES string of the molecule is Cc1ccc(NS(=O)(=O)c2ccc(OCC(=O)N(C)Cc3ccccc3)c(Cl)c2)cc1. The van der Waals surface area contributed by atoms with Crippen molar-refractivity contribution in [2.24, 2.45) is 0 Å². The molecule has 0 radical (unpaired) electrons. The zero-order valence-electron chi connectivity index (χ0n) is 17.2. The van der Waals surface area contributed by atoms with Gasteiger partial charge in [0.2, 0.25) is 0 Å². The molecule has 3 aromatic carbocycles. The Hall–Kier alpha value is -3.03. The molecule has 0 aromatic heterocycles. The van der Waals surface area contributed by atoms with Crippen LogP contribution in [0.15, 0.2) is 77.7 Å². The number of rotatable bonds is 8. The minimum atomic E-state index is -3.81. The normalized spacial score (nSPS) is 11.1. The van der Waals surface area contributed by atoms with Crippen LogP contribution in [0.25, 0.3) is 0 Å². The zero-order valence-corrected chi connectivity index (χ0v) is 18.8. The van der Waals surface area contributed by atoms with Crippen LogP contribution in [0.4, 0.5) is 5.69 Å². The number of halogens is 1. The maximum absolute atomic E-state index is 12.6. The molecule has 0 saturated heterocycles. The number of hydrogen-bond donors (Lipinski definition) is 1. The molecule has 31 heavy (non-hydrogen) atoms. The summed E-state index contributed by atoms with van der Waals surface area (Å²) in [4.78, 5) is 13.9. The van der Waals surface area contributed by atoms with Crippen molar-refractivity contribution in [3.05, 3.63) is 88.9 Å². The van der Waals surface area contributed by atoms with E-state index in [1.165, 1.54) is 18.2 Å². The second-order valence-corrected chi connectivity index (χ2v) is 9.18. The van der Waals surface area contributed by atoms with Gasteiger partial charge in [0.15, 0.2) is 6.61 Å². The lowest BCUT2D eigenvalue weighted by molar-refractivity contribution is -0.132. The van der Waals surface area contributed by atoms with E-state index in [1.54, 1.807) is 24.1 Å². The molecule has 1 amide bonds. The fourth-order valence-corrected chi connectivity index (χ4v) is 4.18. The Morgan fingerprint density at radius 1 is 1.03 bits per heavy atom. The number of hydrogen-bond acceptors (Lipinski definition) is 4. The Morgan fingerprint density at radius 2 is 1.71 bits per heavy atom. The lowest BCUT2D eigenvalue weighted by atomic mass is 10.2. The van der Waals surface area contributed by atoms with Gasteiger partial charge in [-0.25, -0.2) is 8.42 Å². The Bertz CT molecular complexity index is 1150. The van der Waals surface area contributed by atoms with E-state index in [0.29, 0.717) is 12.2 Å². The van der Waals surface area contributed by atoms with Gasteiger partial charge in [-0.05, 0) is 42.8 Å². The molecule has 0 unspecified atom stereocenters. The molecule has 0 fully saturated rings. The Kier molecular flexibility index (Phi) is 7.20. The van der Waals surface area contributed by atoms with Gasteiger partial charge in [0.1, 0.15) is 5.75 Å². The molecular formula is C23H23ClN2O4S. The third-order valence-electron chi connectivity index (χ3n) is 4.56. The van der Waals surface area contributed by atoms with Crippen molar-refractivity contribution in [3.8, 4) is 5.75 Å². The summed E-state index contributed by atoms with van der Waals surface area (Å²) in [5.41, 5.74) is 2.48. The smallest absolute Gasteiger partial charge is 0.261 e. The fraction of sp³-hybridized carbons (Fsp3) is 0.174. The second kappa shape index (κ2) is 9.85. The van der Waals surface area contributed by atoms with Crippen LogP contribution in [0.5, 0.6) is 5.75 Å². The van der Waals surface area contributed by atoms with Crippen molar-refractivity contribution < 1.29 is 17.9 Å². The number of ether oxygens (including phenoxy) is 1. The lowest BCUT2D eigenvalue weighted by Gasteiger charge is -2.18. The highest BCUT2D eigenvalue weighted by Gasteiger charge is 2.17. The molecule has 0 spiro atoms. The molecule has 0 atom stereocenters. The van der Waals surface area contributed by atoms with Gasteiger partial charge >= 0.3 is 0 Å². The van der Waals surface area contributed by atoms with Crippen LogP contribution in [0.3, 0.4) is 0 Å². The number of likely N-dealkylation sites (N-methyl/N-ethyl adjacent to an activating group) is 1. The summed E-state index contributed by atoms with van der Waals surface area (Å²) in [6.07, 6.45) is 0. The molecule has 1 N–H and O–H groups in total. The van der Waals surface area contributed by atoms with E-state index in [2.05, 4.69) is 4.72 Å². The van der Waals surface area contributed by atoms with E-state index < -0.39 is 10.0 Å². The van der Waals surface area contributed by atoms with Crippen molar-refractivity contribution in [1.82, 2.24) is 4.90 Å². The molecule has 0 aliphatic rings. The Balaban J connectivity index is 1.62. The number of sulfonamides is 1. The first-order valence-electron chi connectivity index (χ1n) is 9.54. The monoisotopic (exact) mass is 458 g/mol. The van der Waals surface area contributed by atoms with E-state index in [1.807, 2.05) is 49.4 Å². The highest BCUT2D eigenvalue weighted by Crippen LogP contribution is 2.28. The van der Waals surface area contributed by atoms with E-state index in [0.717, 1.165) is 11.1 Å². The number of amides is 1. The molecule has 3 aromatic rings.